The lowest BCUT2D eigenvalue weighted by Gasteiger charge is -2.43. The molecule has 160 valence electrons. The summed E-state index contributed by atoms with van der Waals surface area (Å²) in [4.78, 5) is 2.27. The topological polar surface area (TPSA) is 109 Å². The van der Waals surface area contributed by atoms with Crippen LogP contribution in [0.15, 0.2) is 42.7 Å². The second-order valence-electron chi connectivity index (χ2n) is 8.56. The Labute approximate surface area is 182 Å². The number of anilines is 2. The largest absolute Gasteiger partial charge is 0.396 e. The van der Waals surface area contributed by atoms with Gasteiger partial charge in [0.2, 0.25) is 0 Å². The van der Waals surface area contributed by atoms with Crippen LogP contribution in [-0.4, -0.2) is 51.4 Å². The number of nitrogens with two attached hydrogens (primary N) is 1. The van der Waals surface area contributed by atoms with Crippen LogP contribution in [-0.2, 0) is 0 Å². The highest BCUT2D eigenvalue weighted by Gasteiger charge is 2.33. The average molecular weight is 417 g/mol. The molecule has 31 heavy (non-hydrogen) atoms. The molecule has 2 aliphatic heterocycles. The molecule has 3 aromatic rings. The first kappa shape index (κ1) is 19.7. The molecule has 5 rings (SSSR count). The molecule has 0 spiro atoms. The first-order chi connectivity index (χ1) is 15.1. The van der Waals surface area contributed by atoms with Crippen molar-refractivity contribution in [2.75, 3.05) is 17.7 Å². The summed E-state index contributed by atoms with van der Waals surface area (Å²) in [6.45, 7) is 0. The first-order valence-electron chi connectivity index (χ1n) is 10.9. The predicted octanol–water partition coefficient (Wildman–Crippen LogP) is 3.02. The normalized spacial score (nSPS) is 22.8. The second kappa shape index (κ2) is 8.11. The molecular weight excluding hydrogens is 388 g/mol. The predicted molar refractivity (Wildman–Crippen MR) is 123 cm³/mol. The van der Waals surface area contributed by atoms with Gasteiger partial charge in [-0.1, -0.05) is 6.42 Å². The number of hydrogen-bond acceptors (Lipinski definition) is 7. The molecule has 8 nitrogen and oxygen atoms in total. The lowest BCUT2D eigenvalue weighted by atomic mass is 9.83. The van der Waals surface area contributed by atoms with Crippen LogP contribution < -0.4 is 16.0 Å². The maximum Gasteiger partial charge on any atom is 0.151 e. The highest BCUT2D eigenvalue weighted by atomic mass is 15.3. The maximum absolute atomic E-state index is 7.91. The summed E-state index contributed by atoms with van der Waals surface area (Å²) in [5.41, 5.74) is 9.73. The van der Waals surface area contributed by atoms with Crippen molar-refractivity contribution >= 4 is 17.7 Å². The van der Waals surface area contributed by atoms with Crippen LogP contribution in [0.2, 0.25) is 0 Å². The Kier molecular flexibility index (Phi) is 5.15. The third kappa shape index (κ3) is 3.67. The van der Waals surface area contributed by atoms with E-state index in [-0.39, 0.29) is 0 Å². The van der Waals surface area contributed by atoms with Gasteiger partial charge in [-0.05, 0) is 56.0 Å². The minimum absolute atomic E-state index is 0.484. The molecule has 8 heteroatoms. The van der Waals surface area contributed by atoms with Gasteiger partial charge in [0.25, 0.3) is 0 Å². The number of benzene rings is 1. The zero-order valence-corrected chi connectivity index (χ0v) is 17.7. The van der Waals surface area contributed by atoms with E-state index >= 15 is 0 Å². The lowest BCUT2D eigenvalue weighted by Crippen LogP contribution is -2.54. The molecular formula is C23H28N8. The molecule has 0 amide bonds. The highest BCUT2D eigenvalue weighted by molar-refractivity contribution is 5.96. The molecule has 4 heterocycles. The Morgan fingerprint density at radius 1 is 1.16 bits per heavy atom. The van der Waals surface area contributed by atoms with Gasteiger partial charge in [0.15, 0.2) is 5.82 Å². The van der Waals surface area contributed by atoms with E-state index in [1.165, 1.54) is 25.5 Å². The van der Waals surface area contributed by atoms with Crippen molar-refractivity contribution < 1.29 is 0 Å². The zero-order chi connectivity index (χ0) is 21.4. The van der Waals surface area contributed by atoms with E-state index in [4.69, 9.17) is 11.1 Å². The Bertz CT molecular complexity index is 1050. The Morgan fingerprint density at radius 3 is 2.61 bits per heavy atom. The number of nitrogen functional groups attached to an aromatic ring is 1. The second-order valence-corrected chi connectivity index (χ2v) is 8.56. The monoisotopic (exact) mass is 416 g/mol. The molecule has 0 radical (unpaired) electrons. The van der Waals surface area contributed by atoms with Crippen LogP contribution >= 0.6 is 0 Å². The van der Waals surface area contributed by atoms with Crippen LogP contribution in [0.1, 0.15) is 37.7 Å². The molecule has 2 bridgehead atoms. The lowest BCUT2D eigenvalue weighted by molar-refractivity contribution is 0.219. The summed E-state index contributed by atoms with van der Waals surface area (Å²) in [6.07, 6.45) is 11.0. The van der Waals surface area contributed by atoms with Gasteiger partial charge < -0.3 is 21.4 Å². The molecule has 2 fully saturated rings. The summed E-state index contributed by atoms with van der Waals surface area (Å²) in [6, 6.07) is 11.4. The van der Waals surface area contributed by atoms with Crippen LogP contribution in [0, 0.1) is 5.41 Å². The van der Waals surface area contributed by atoms with E-state index in [1.807, 2.05) is 36.5 Å². The van der Waals surface area contributed by atoms with E-state index in [0.29, 0.717) is 35.1 Å². The van der Waals surface area contributed by atoms with Gasteiger partial charge >= 0.3 is 0 Å². The number of nitrogens with one attached hydrogen (secondary N) is 2. The van der Waals surface area contributed by atoms with Crippen LogP contribution in [0.4, 0.5) is 11.5 Å². The molecule has 0 saturated carbocycles. The zero-order valence-electron chi connectivity index (χ0n) is 17.7. The number of rotatable bonds is 5. The van der Waals surface area contributed by atoms with Crippen LogP contribution in [0.25, 0.3) is 16.9 Å². The van der Waals surface area contributed by atoms with E-state index in [1.54, 1.807) is 10.9 Å². The summed E-state index contributed by atoms with van der Waals surface area (Å²) in [7, 11) is 2.12. The molecule has 0 aliphatic carbocycles. The summed E-state index contributed by atoms with van der Waals surface area (Å²) >= 11 is 0. The average Bonchev–Trinajstić information content (AvgIpc) is 3.33. The third-order valence-corrected chi connectivity index (χ3v) is 6.69. The molecule has 2 aliphatic rings. The summed E-state index contributed by atoms with van der Waals surface area (Å²) in [5, 5.41) is 24.9. The van der Waals surface area contributed by atoms with Crippen molar-refractivity contribution in [2.45, 2.75) is 50.2 Å². The number of piperidine rings is 2. The van der Waals surface area contributed by atoms with E-state index in [9.17, 15) is 0 Å². The number of aromatic nitrogens is 4. The molecule has 2 aromatic heterocycles. The first-order valence-corrected chi connectivity index (χ1v) is 10.9. The fraction of sp³-hybridized carbons (Fsp3) is 0.391. The van der Waals surface area contributed by atoms with Crippen molar-refractivity contribution in [1.82, 2.24) is 25.3 Å². The van der Waals surface area contributed by atoms with Crippen LogP contribution in [0.3, 0.4) is 0 Å². The number of fused-ring (bicyclic) bond motifs is 2. The number of nitrogens with zero attached hydrogens (tertiary/aromatic N) is 5. The fourth-order valence-corrected chi connectivity index (χ4v) is 5.01. The maximum atomic E-state index is 7.91. The molecule has 4 N–H and O–H groups in total. The van der Waals surface area contributed by atoms with Crippen LogP contribution in [0.5, 0.6) is 0 Å². The van der Waals surface area contributed by atoms with Crippen molar-refractivity contribution in [1.29, 1.82) is 5.41 Å². The Hall–Kier alpha value is -3.26. The smallest absolute Gasteiger partial charge is 0.151 e. The SMILES string of the molecule is CN(c1ccc(-c2ccc(-n3cccn3)c(N)c2C=N)nn1)C1C[C@H]2CCC[C@@H](C1)N2. The highest BCUT2D eigenvalue weighted by Crippen LogP contribution is 2.32. The van der Waals surface area contributed by atoms with E-state index in [0.717, 1.165) is 29.9 Å². The van der Waals surface area contributed by atoms with Gasteiger partial charge in [-0.3, -0.25) is 0 Å². The van der Waals surface area contributed by atoms with Crippen molar-refractivity contribution in [2.24, 2.45) is 0 Å². The van der Waals surface area contributed by atoms with Gasteiger partial charge in [0, 0.05) is 54.9 Å². The molecule has 3 atom stereocenters. The minimum atomic E-state index is 0.484. The van der Waals surface area contributed by atoms with Crippen molar-refractivity contribution in [3.05, 3.63) is 48.3 Å². The molecule has 1 aromatic carbocycles. The quantitative estimate of drug-likeness (QED) is 0.436. The molecule has 2 saturated heterocycles. The Balaban J connectivity index is 1.40. The Morgan fingerprint density at radius 2 is 1.97 bits per heavy atom. The minimum Gasteiger partial charge on any atom is -0.396 e. The molecule has 1 unspecified atom stereocenters. The van der Waals surface area contributed by atoms with Crippen molar-refractivity contribution in [3.63, 3.8) is 0 Å². The van der Waals surface area contributed by atoms with Gasteiger partial charge in [-0.25, -0.2) is 4.68 Å². The fourth-order valence-electron chi connectivity index (χ4n) is 5.01. The van der Waals surface area contributed by atoms with E-state index < -0.39 is 0 Å². The number of hydrogen-bond donors (Lipinski definition) is 3. The standard InChI is InChI=1S/C23H28N8/c1-30(17-12-15-4-2-5-16(13-17)27-15)22-9-7-20(28-29-22)18-6-8-21(23(25)19(18)14-24)31-11-3-10-26-31/h3,6-11,14-17,24,27H,2,4-5,12-13,25H2,1H3/t15-,16+,17?. The van der Waals surface area contributed by atoms with Crippen molar-refractivity contribution in [3.8, 4) is 16.9 Å². The van der Waals surface area contributed by atoms with Gasteiger partial charge in [-0.2, -0.15) is 5.10 Å². The summed E-state index contributed by atoms with van der Waals surface area (Å²) < 4.78 is 1.70. The van der Waals surface area contributed by atoms with E-state index in [2.05, 4.69) is 32.6 Å². The van der Waals surface area contributed by atoms with Gasteiger partial charge in [-0.15, -0.1) is 10.2 Å². The third-order valence-electron chi connectivity index (χ3n) is 6.69. The van der Waals surface area contributed by atoms with Gasteiger partial charge in [0.1, 0.15) is 0 Å². The summed E-state index contributed by atoms with van der Waals surface area (Å²) in [5.74, 6) is 0.881. The van der Waals surface area contributed by atoms with Gasteiger partial charge in [0.05, 0.1) is 17.1 Å².